The Labute approximate surface area is 128 Å². The first-order chi connectivity index (χ1) is 10.6. The first-order valence-corrected chi connectivity index (χ1v) is 7.61. The van der Waals surface area contributed by atoms with Gasteiger partial charge in [0.2, 0.25) is 0 Å². The summed E-state index contributed by atoms with van der Waals surface area (Å²) in [6.07, 6.45) is 4.46. The molecule has 6 nitrogen and oxygen atoms in total. The molecule has 0 atom stereocenters. The van der Waals surface area contributed by atoms with E-state index in [2.05, 4.69) is 10.2 Å². The van der Waals surface area contributed by atoms with E-state index in [1.165, 1.54) is 26.0 Å². The lowest BCUT2D eigenvalue weighted by Gasteiger charge is -2.32. The molecule has 0 aromatic heterocycles. The number of nitrogens with one attached hydrogen (secondary N) is 1. The maximum atomic E-state index is 13.7. The highest BCUT2D eigenvalue weighted by Crippen LogP contribution is 2.34. The monoisotopic (exact) mass is 309 g/mol. The van der Waals surface area contributed by atoms with Crippen LogP contribution in [0.4, 0.5) is 15.8 Å². The van der Waals surface area contributed by atoms with Gasteiger partial charge in [0.15, 0.2) is 11.6 Å². The molecule has 1 aliphatic heterocycles. The average Bonchev–Trinajstić information content (AvgIpc) is 3.34. The van der Waals surface area contributed by atoms with E-state index in [4.69, 9.17) is 4.74 Å². The highest BCUT2D eigenvalue weighted by atomic mass is 19.1. The number of piperidine rings is 1. The molecule has 0 spiro atoms. The standard InChI is InChI=1S/C15H20FN3O3/c1-22-15-9-13(14(19(20)21)8-12(15)16)17-10-4-6-18(7-5-10)11-2-3-11/h8-11,17H,2-7H2,1H3. The fraction of sp³-hybridized carbons (Fsp3) is 0.600. The van der Waals surface area contributed by atoms with Crippen LogP contribution in [0.15, 0.2) is 12.1 Å². The summed E-state index contributed by atoms with van der Waals surface area (Å²) >= 11 is 0. The van der Waals surface area contributed by atoms with Crippen molar-refractivity contribution >= 4 is 11.4 Å². The van der Waals surface area contributed by atoms with Gasteiger partial charge in [-0.25, -0.2) is 4.39 Å². The molecule has 3 rings (SSSR count). The van der Waals surface area contributed by atoms with E-state index in [1.54, 1.807) is 0 Å². The maximum Gasteiger partial charge on any atom is 0.295 e. The van der Waals surface area contributed by atoms with E-state index in [1.807, 2.05) is 0 Å². The molecule has 7 heteroatoms. The molecule has 1 heterocycles. The van der Waals surface area contributed by atoms with E-state index < -0.39 is 10.7 Å². The van der Waals surface area contributed by atoms with Crippen molar-refractivity contribution < 1.29 is 14.1 Å². The predicted molar refractivity (Wildman–Crippen MR) is 80.8 cm³/mol. The van der Waals surface area contributed by atoms with Crippen molar-refractivity contribution in [2.45, 2.75) is 37.8 Å². The van der Waals surface area contributed by atoms with Gasteiger partial charge >= 0.3 is 0 Å². The number of nitrogens with zero attached hydrogens (tertiary/aromatic N) is 2. The summed E-state index contributed by atoms with van der Waals surface area (Å²) in [5.41, 5.74) is 0.0797. The average molecular weight is 309 g/mol. The van der Waals surface area contributed by atoms with Crippen molar-refractivity contribution in [1.29, 1.82) is 0 Å². The van der Waals surface area contributed by atoms with Crippen molar-refractivity contribution in [3.63, 3.8) is 0 Å². The zero-order valence-corrected chi connectivity index (χ0v) is 12.5. The number of rotatable bonds is 5. The minimum absolute atomic E-state index is 0.0171. The Bertz CT molecular complexity index is 569. The first-order valence-electron chi connectivity index (χ1n) is 7.61. The van der Waals surface area contributed by atoms with Gasteiger partial charge in [0, 0.05) is 31.2 Å². The Morgan fingerprint density at radius 1 is 1.32 bits per heavy atom. The number of anilines is 1. The number of benzene rings is 1. The Hall–Kier alpha value is -1.89. The van der Waals surface area contributed by atoms with Gasteiger partial charge in [0.05, 0.1) is 18.1 Å². The Morgan fingerprint density at radius 3 is 2.55 bits per heavy atom. The van der Waals surface area contributed by atoms with Crippen LogP contribution in [0.3, 0.4) is 0 Å². The van der Waals surface area contributed by atoms with Gasteiger partial charge in [-0.3, -0.25) is 10.1 Å². The predicted octanol–water partition coefficient (Wildman–Crippen LogP) is 2.78. The lowest BCUT2D eigenvalue weighted by molar-refractivity contribution is -0.384. The van der Waals surface area contributed by atoms with Crippen LogP contribution in [-0.2, 0) is 0 Å². The van der Waals surface area contributed by atoms with Gasteiger partial charge in [-0.1, -0.05) is 0 Å². The Morgan fingerprint density at radius 2 is 2.00 bits per heavy atom. The highest BCUT2D eigenvalue weighted by molar-refractivity contribution is 5.65. The smallest absolute Gasteiger partial charge is 0.295 e. The van der Waals surface area contributed by atoms with Crippen LogP contribution in [-0.4, -0.2) is 42.1 Å². The summed E-state index contributed by atoms with van der Waals surface area (Å²) in [4.78, 5) is 13.0. The third kappa shape index (κ3) is 3.14. The van der Waals surface area contributed by atoms with E-state index in [9.17, 15) is 14.5 Å². The third-order valence-electron chi connectivity index (χ3n) is 4.42. The first kappa shape index (κ1) is 15.0. The van der Waals surface area contributed by atoms with E-state index in [0.717, 1.165) is 38.0 Å². The minimum Gasteiger partial charge on any atom is -0.494 e. The molecule has 1 saturated heterocycles. The molecule has 1 aromatic rings. The molecule has 2 fully saturated rings. The summed E-state index contributed by atoms with van der Waals surface area (Å²) in [6.45, 7) is 2.02. The normalized spacial score (nSPS) is 19.9. The van der Waals surface area contributed by atoms with E-state index in [-0.39, 0.29) is 17.5 Å². The largest absolute Gasteiger partial charge is 0.494 e. The quantitative estimate of drug-likeness (QED) is 0.669. The van der Waals surface area contributed by atoms with Gasteiger partial charge in [-0.15, -0.1) is 0 Å². The fourth-order valence-electron chi connectivity index (χ4n) is 3.03. The van der Waals surface area contributed by atoms with Gasteiger partial charge in [0.25, 0.3) is 5.69 Å². The van der Waals surface area contributed by atoms with E-state index >= 15 is 0 Å². The molecule has 0 bridgehead atoms. The van der Waals surface area contributed by atoms with Crippen molar-refractivity contribution in [3.05, 3.63) is 28.1 Å². The van der Waals surface area contributed by atoms with Gasteiger partial charge in [-0.2, -0.15) is 0 Å². The van der Waals surface area contributed by atoms with Crippen LogP contribution < -0.4 is 10.1 Å². The molecular weight excluding hydrogens is 289 g/mol. The van der Waals surface area contributed by atoms with Crippen molar-refractivity contribution in [2.75, 3.05) is 25.5 Å². The number of ether oxygens (including phenoxy) is 1. The molecule has 22 heavy (non-hydrogen) atoms. The number of nitro benzene ring substituents is 1. The summed E-state index contributed by atoms with van der Waals surface area (Å²) in [5, 5.41) is 14.3. The molecule has 0 radical (unpaired) electrons. The molecule has 120 valence electrons. The lowest BCUT2D eigenvalue weighted by Crippen LogP contribution is -2.40. The number of methoxy groups -OCH3 is 1. The number of likely N-dealkylation sites (tertiary alicyclic amines) is 1. The summed E-state index contributed by atoms with van der Waals surface area (Å²) in [6, 6.07) is 3.21. The second kappa shape index (κ2) is 6.08. The number of halogens is 1. The van der Waals surface area contributed by atoms with Crippen molar-refractivity contribution in [1.82, 2.24) is 4.90 Å². The second-order valence-corrected chi connectivity index (χ2v) is 5.95. The molecule has 0 amide bonds. The number of hydrogen-bond donors (Lipinski definition) is 1. The lowest BCUT2D eigenvalue weighted by atomic mass is 10.0. The summed E-state index contributed by atoms with van der Waals surface area (Å²) in [5.74, 6) is -0.702. The minimum atomic E-state index is -0.719. The third-order valence-corrected chi connectivity index (χ3v) is 4.42. The van der Waals surface area contributed by atoms with Gasteiger partial charge in [-0.05, 0) is 25.7 Å². The highest BCUT2D eigenvalue weighted by Gasteiger charge is 2.32. The Kier molecular flexibility index (Phi) is 4.15. The summed E-state index contributed by atoms with van der Waals surface area (Å²) < 4.78 is 18.6. The van der Waals surface area contributed by atoms with Crippen LogP contribution in [0.5, 0.6) is 5.75 Å². The topological polar surface area (TPSA) is 67.6 Å². The SMILES string of the molecule is COc1cc(NC2CCN(C3CC3)CC2)c([N+](=O)[O-])cc1F. The van der Waals surface area contributed by atoms with Gasteiger partial charge < -0.3 is 15.0 Å². The second-order valence-electron chi connectivity index (χ2n) is 5.95. The molecule has 1 N–H and O–H groups in total. The molecular formula is C15H20FN3O3. The fourth-order valence-corrected chi connectivity index (χ4v) is 3.03. The zero-order valence-electron chi connectivity index (χ0n) is 12.5. The number of hydrogen-bond acceptors (Lipinski definition) is 5. The van der Waals surface area contributed by atoms with Crippen LogP contribution in [0.2, 0.25) is 0 Å². The number of nitro groups is 1. The molecule has 1 saturated carbocycles. The Balaban J connectivity index is 1.72. The van der Waals surface area contributed by atoms with Crippen molar-refractivity contribution in [2.24, 2.45) is 0 Å². The molecule has 1 aliphatic carbocycles. The van der Waals surface area contributed by atoms with Crippen LogP contribution in [0.25, 0.3) is 0 Å². The maximum absolute atomic E-state index is 13.7. The molecule has 1 aromatic carbocycles. The zero-order chi connectivity index (χ0) is 15.7. The van der Waals surface area contributed by atoms with Crippen LogP contribution >= 0.6 is 0 Å². The summed E-state index contributed by atoms with van der Waals surface area (Å²) in [7, 11) is 1.35. The molecule has 0 unspecified atom stereocenters. The van der Waals surface area contributed by atoms with E-state index in [0.29, 0.717) is 5.69 Å². The van der Waals surface area contributed by atoms with Gasteiger partial charge in [0.1, 0.15) is 5.69 Å². The van der Waals surface area contributed by atoms with Crippen molar-refractivity contribution in [3.8, 4) is 5.75 Å². The van der Waals surface area contributed by atoms with Crippen LogP contribution in [0.1, 0.15) is 25.7 Å². The molecule has 2 aliphatic rings. The van der Waals surface area contributed by atoms with Crippen LogP contribution in [0, 0.1) is 15.9 Å².